The first-order chi connectivity index (χ1) is 9.08. The SMILES string of the molecule is Cl.O=C(O)CCNc1ncnc2cc(C(=O)O)ccc12. The number of aliphatic carboxylic acids is 1. The number of carboxylic acids is 2. The number of nitrogens with one attached hydrogen (secondary N) is 1. The maximum Gasteiger partial charge on any atom is 0.335 e. The van der Waals surface area contributed by atoms with Gasteiger partial charge in [0.05, 0.1) is 17.5 Å². The molecule has 1 aromatic carbocycles. The number of fused-ring (bicyclic) bond motifs is 1. The monoisotopic (exact) mass is 297 g/mol. The van der Waals surface area contributed by atoms with Gasteiger partial charge >= 0.3 is 11.9 Å². The lowest BCUT2D eigenvalue weighted by Gasteiger charge is -2.07. The molecule has 0 aliphatic carbocycles. The molecular weight excluding hydrogens is 286 g/mol. The second-order valence-electron chi connectivity index (χ2n) is 3.83. The minimum Gasteiger partial charge on any atom is -0.481 e. The second-order valence-corrected chi connectivity index (χ2v) is 3.83. The molecular formula is C12H12ClN3O4. The number of rotatable bonds is 5. The lowest BCUT2D eigenvalue weighted by atomic mass is 10.1. The minimum atomic E-state index is -1.03. The van der Waals surface area contributed by atoms with Crippen molar-refractivity contribution in [3.8, 4) is 0 Å². The quantitative estimate of drug-likeness (QED) is 0.769. The van der Waals surface area contributed by atoms with Gasteiger partial charge in [0.25, 0.3) is 0 Å². The van der Waals surface area contributed by atoms with Gasteiger partial charge in [-0.1, -0.05) is 0 Å². The van der Waals surface area contributed by atoms with E-state index in [0.717, 1.165) is 0 Å². The van der Waals surface area contributed by atoms with Crippen LogP contribution in [0.15, 0.2) is 24.5 Å². The van der Waals surface area contributed by atoms with Gasteiger partial charge in [-0.05, 0) is 18.2 Å². The third-order valence-corrected chi connectivity index (χ3v) is 2.51. The molecule has 1 aromatic heterocycles. The van der Waals surface area contributed by atoms with Crippen molar-refractivity contribution in [2.45, 2.75) is 6.42 Å². The van der Waals surface area contributed by atoms with Gasteiger partial charge in [0.1, 0.15) is 12.1 Å². The van der Waals surface area contributed by atoms with Crippen molar-refractivity contribution in [2.24, 2.45) is 0 Å². The number of aromatic carboxylic acids is 1. The van der Waals surface area contributed by atoms with Crippen LogP contribution in [0.3, 0.4) is 0 Å². The molecule has 1 heterocycles. The predicted octanol–water partition coefficient (Wildman–Crippen LogP) is 1.64. The Morgan fingerprint density at radius 1 is 1.20 bits per heavy atom. The van der Waals surface area contributed by atoms with Crippen LogP contribution in [0, 0.1) is 0 Å². The van der Waals surface area contributed by atoms with Gasteiger partial charge in [-0.3, -0.25) is 4.79 Å². The molecule has 2 rings (SSSR count). The first-order valence-electron chi connectivity index (χ1n) is 5.51. The van der Waals surface area contributed by atoms with Gasteiger partial charge in [0, 0.05) is 11.9 Å². The third kappa shape index (κ3) is 3.55. The van der Waals surface area contributed by atoms with Crippen LogP contribution in [-0.4, -0.2) is 38.7 Å². The molecule has 0 atom stereocenters. The molecule has 0 unspecified atom stereocenters. The number of halogens is 1. The molecule has 0 saturated heterocycles. The van der Waals surface area contributed by atoms with Gasteiger partial charge in [0.2, 0.25) is 0 Å². The molecule has 0 fully saturated rings. The van der Waals surface area contributed by atoms with E-state index in [2.05, 4.69) is 15.3 Å². The number of hydrogen-bond donors (Lipinski definition) is 3. The molecule has 106 valence electrons. The normalized spacial score (nSPS) is 9.80. The van der Waals surface area contributed by atoms with E-state index in [-0.39, 0.29) is 30.9 Å². The lowest BCUT2D eigenvalue weighted by molar-refractivity contribution is -0.136. The molecule has 0 aliphatic heterocycles. The highest BCUT2D eigenvalue weighted by molar-refractivity contribution is 5.96. The molecule has 20 heavy (non-hydrogen) atoms. The van der Waals surface area contributed by atoms with E-state index in [0.29, 0.717) is 16.7 Å². The van der Waals surface area contributed by atoms with Crippen molar-refractivity contribution in [1.29, 1.82) is 0 Å². The van der Waals surface area contributed by atoms with Crippen molar-refractivity contribution in [2.75, 3.05) is 11.9 Å². The summed E-state index contributed by atoms with van der Waals surface area (Å²) in [6.45, 7) is 0.238. The molecule has 0 spiro atoms. The number of carboxylic acid groups (broad SMARTS) is 2. The zero-order valence-electron chi connectivity index (χ0n) is 10.2. The van der Waals surface area contributed by atoms with E-state index in [4.69, 9.17) is 10.2 Å². The number of hydrogen-bond acceptors (Lipinski definition) is 5. The smallest absolute Gasteiger partial charge is 0.335 e. The first-order valence-corrected chi connectivity index (χ1v) is 5.51. The lowest BCUT2D eigenvalue weighted by Crippen LogP contribution is -2.09. The van der Waals surface area contributed by atoms with E-state index in [1.54, 1.807) is 6.07 Å². The Kier molecular flexibility index (Phi) is 5.22. The Morgan fingerprint density at radius 2 is 1.95 bits per heavy atom. The van der Waals surface area contributed by atoms with Gasteiger partial charge in [0.15, 0.2) is 0 Å². The number of anilines is 1. The highest BCUT2D eigenvalue weighted by Crippen LogP contribution is 2.20. The number of nitrogens with zero attached hydrogens (tertiary/aromatic N) is 2. The summed E-state index contributed by atoms with van der Waals surface area (Å²) in [7, 11) is 0. The Morgan fingerprint density at radius 3 is 2.60 bits per heavy atom. The second kappa shape index (κ2) is 6.67. The summed E-state index contributed by atoms with van der Waals surface area (Å²) in [6.07, 6.45) is 1.27. The van der Waals surface area contributed by atoms with Crippen LogP contribution in [0.4, 0.5) is 5.82 Å². The number of aromatic nitrogens is 2. The van der Waals surface area contributed by atoms with Crippen LogP contribution >= 0.6 is 12.4 Å². The Labute approximate surface area is 120 Å². The third-order valence-electron chi connectivity index (χ3n) is 2.51. The molecule has 2 aromatic rings. The summed E-state index contributed by atoms with van der Waals surface area (Å²) in [5.74, 6) is -1.44. The Bertz CT molecular complexity index is 648. The van der Waals surface area contributed by atoms with Gasteiger partial charge in [-0.25, -0.2) is 14.8 Å². The molecule has 3 N–H and O–H groups in total. The predicted molar refractivity (Wildman–Crippen MR) is 74.5 cm³/mol. The molecule has 0 radical (unpaired) electrons. The summed E-state index contributed by atoms with van der Waals surface area (Å²) in [5.41, 5.74) is 0.635. The van der Waals surface area contributed by atoms with E-state index in [9.17, 15) is 9.59 Å². The Hall–Kier alpha value is -2.41. The van der Waals surface area contributed by atoms with Gasteiger partial charge in [-0.15, -0.1) is 12.4 Å². The van der Waals surface area contributed by atoms with Crippen molar-refractivity contribution >= 4 is 41.1 Å². The fraction of sp³-hybridized carbons (Fsp3) is 0.167. The van der Waals surface area contributed by atoms with Crippen molar-refractivity contribution < 1.29 is 19.8 Å². The summed E-state index contributed by atoms with van der Waals surface area (Å²) in [6, 6.07) is 4.50. The van der Waals surface area contributed by atoms with E-state index in [1.165, 1.54) is 18.5 Å². The van der Waals surface area contributed by atoms with Crippen LogP contribution in [0.5, 0.6) is 0 Å². The minimum absolute atomic E-state index is 0. The van der Waals surface area contributed by atoms with Crippen molar-refractivity contribution in [3.05, 3.63) is 30.1 Å². The summed E-state index contributed by atoms with van der Waals surface area (Å²) in [5, 5.41) is 21.0. The van der Waals surface area contributed by atoms with Crippen LogP contribution in [-0.2, 0) is 4.79 Å². The molecule has 8 heteroatoms. The Balaban J connectivity index is 0.00000200. The zero-order chi connectivity index (χ0) is 13.8. The van der Waals surface area contributed by atoms with Crippen LogP contribution in [0.2, 0.25) is 0 Å². The van der Waals surface area contributed by atoms with Crippen molar-refractivity contribution in [3.63, 3.8) is 0 Å². The fourth-order valence-electron chi connectivity index (χ4n) is 1.62. The van der Waals surface area contributed by atoms with Crippen molar-refractivity contribution in [1.82, 2.24) is 9.97 Å². The standard InChI is InChI=1S/C12H11N3O4.ClH/c16-10(17)3-4-13-11-8-2-1-7(12(18)19)5-9(8)14-6-15-11;/h1-2,5-6H,3-4H2,(H,16,17)(H,18,19)(H,13,14,15);1H. The number of carbonyl (C=O) groups is 2. The highest BCUT2D eigenvalue weighted by Gasteiger charge is 2.08. The first kappa shape index (κ1) is 15.6. The molecule has 7 nitrogen and oxygen atoms in total. The fourth-order valence-corrected chi connectivity index (χ4v) is 1.62. The average molecular weight is 298 g/mol. The molecule has 0 amide bonds. The average Bonchev–Trinajstić information content (AvgIpc) is 2.37. The van der Waals surface area contributed by atoms with Gasteiger partial charge in [-0.2, -0.15) is 0 Å². The highest BCUT2D eigenvalue weighted by atomic mass is 35.5. The van der Waals surface area contributed by atoms with Crippen LogP contribution in [0.1, 0.15) is 16.8 Å². The zero-order valence-corrected chi connectivity index (χ0v) is 11.1. The van der Waals surface area contributed by atoms with E-state index < -0.39 is 11.9 Å². The maximum atomic E-state index is 10.9. The molecule has 0 aliphatic rings. The summed E-state index contributed by atoms with van der Waals surface area (Å²) in [4.78, 5) is 29.3. The summed E-state index contributed by atoms with van der Waals surface area (Å²) >= 11 is 0. The van der Waals surface area contributed by atoms with E-state index in [1.807, 2.05) is 0 Å². The molecule has 0 bridgehead atoms. The largest absolute Gasteiger partial charge is 0.481 e. The van der Waals surface area contributed by atoms with Gasteiger partial charge < -0.3 is 15.5 Å². The van der Waals surface area contributed by atoms with Crippen LogP contribution < -0.4 is 5.32 Å². The van der Waals surface area contributed by atoms with Crippen LogP contribution in [0.25, 0.3) is 10.9 Å². The van der Waals surface area contributed by atoms with E-state index >= 15 is 0 Å². The summed E-state index contributed by atoms with van der Waals surface area (Å²) < 4.78 is 0. The maximum absolute atomic E-state index is 10.9. The molecule has 0 saturated carbocycles. The number of benzene rings is 1. The topological polar surface area (TPSA) is 112 Å².